The maximum Gasteiger partial charge on any atom is 0.136 e. The first-order valence-corrected chi connectivity index (χ1v) is 6.90. The van der Waals surface area contributed by atoms with E-state index >= 15 is 0 Å². The van der Waals surface area contributed by atoms with Gasteiger partial charge >= 0.3 is 0 Å². The van der Waals surface area contributed by atoms with Gasteiger partial charge in [0.2, 0.25) is 0 Å². The number of thiophene rings is 1. The van der Waals surface area contributed by atoms with Crippen molar-refractivity contribution in [3.63, 3.8) is 0 Å². The summed E-state index contributed by atoms with van der Waals surface area (Å²) in [5, 5.41) is 9.46. The normalized spacial score (nSPS) is 11.3. The summed E-state index contributed by atoms with van der Waals surface area (Å²) in [6.45, 7) is 2.75. The molecule has 0 aliphatic rings. The van der Waals surface area contributed by atoms with E-state index in [0.717, 1.165) is 17.6 Å². The van der Waals surface area contributed by atoms with Gasteiger partial charge < -0.3 is 15.4 Å². The minimum atomic E-state index is -0.0705. The summed E-state index contributed by atoms with van der Waals surface area (Å²) in [5.41, 5.74) is 8.29. The van der Waals surface area contributed by atoms with Gasteiger partial charge in [-0.05, 0) is 37.3 Å². The van der Waals surface area contributed by atoms with Crippen molar-refractivity contribution >= 4 is 28.1 Å². The topological polar surface area (TPSA) is 64.1 Å². The lowest BCUT2D eigenvalue weighted by molar-refractivity contribution is 0.267. The molecule has 2 heterocycles. The molecule has 19 heavy (non-hydrogen) atoms. The quantitative estimate of drug-likeness (QED) is 0.721. The van der Waals surface area contributed by atoms with E-state index in [1.54, 1.807) is 11.3 Å². The molecule has 3 N–H and O–H groups in total. The van der Waals surface area contributed by atoms with Crippen LogP contribution in [0, 0.1) is 6.92 Å². The number of rotatable bonds is 3. The van der Waals surface area contributed by atoms with E-state index < -0.39 is 0 Å². The minimum absolute atomic E-state index is 0.0705. The van der Waals surface area contributed by atoms with E-state index in [-0.39, 0.29) is 6.61 Å². The molecule has 0 bridgehead atoms. The largest absolute Gasteiger partial charge is 0.399 e. The van der Waals surface area contributed by atoms with Gasteiger partial charge in [-0.3, -0.25) is 0 Å². The molecule has 3 aromatic rings. The Labute approximate surface area is 115 Å². The van der Waals surface area contributed by atoms with Crippen LogP contribution in [0.15, 0.2) is 30.3 Å². The molecule has 3 rings (SSSR count). The molecule has 0 radical (unpaired) electrons. The number of nitrogens with zero attached hydrogens (tertiary/aromatic N) is 2. The molecule has 98 valence electrons. The Morgan fingerprint density at radius 1 is 1.32 bits per heavy atom. The first-order chi connectivity index (χ1) is 9.17. The molecule has 0 saturated carbocycles. The van der Waals surface area contributed by atoms with Gasteiger partial charge in [-0.2, -0.15) is 0 Å². The number of aryl methyl sites for hydroxylation is 1. The van der Waals surface area contributed by atoms with E-state index in [2.05, 4.69) is 24.0 Å². The van der Waals surface area contributed by atoms with Crippen molar-refractivity contribution in [2.24, 2.45) is 0 Å². The second-order valence-corrected chi connectivity index (χ2v) is 5.91. The lowest BCUT2D eigenvalue weighted by Crippen LogP contribution is -2.03. The monoisotopic (exact) mass is 273 g/mol. The van der Waals surface area contributed by atoms with Crippen LogP contribution in [0.1, 0.15) is 15.6 Å². The second kappa shape index (κ2) is 4.68. The van der Waals surface area contributed by atoms with Crippen LogP contribution in [0.5, 0.6) is 0 Å². The number of benzene rings is 1. The Bertz CT molecular complexity index is 729. The summed E-state index contributed by atoms with van der Waals surface area (Å²) in [6, 6.07) is 9.88. The lowest BCUT2D eigenvalue weighted by Gasteiger charge is -2.06. The first kappa shape index (κ1) is 12.2. The summed E-state index contributed by atoms with van der Waals surface area (Å²) in [4.78, 5) is 6.97. The van der Waals surface area contributed by atoms with Crippen molar-refractivity contribution in [3.8, 4) is 0 Å². The molecule has 0 unspecified atom stereocenters. The molecular weight excluding hydrogens is 258 g/mol. The molecule has 0 amide bonds. The zero-order valence-corrected chi connectivity index (χ0v) is 11.4. The van der Waals surface area contributed by atoms with E-state index in [9.17, 15) is 5.11 Å². The molecule has 0 aliphatic carbocycles. The molecule has 0 aliphatic heterocycles. The van der Waals surface area contributed by atoms with Crippen molar-refractivity contribution in [2.45, 2.75) is 20.1 Å². The van der Waals surface area contributed by atoms with Crippen LogP contribution in [-0.4, -0.2) is 14.7 Å². The highest BCUT2D eigenvalue weighted by molar-refractivity contribution is 7.11. The van der Waals surface area contributed by atoms with Crippen molar-refractivity contribution in [1.29, 1.82) is 0 Å². The van der Waals surface area contributed by atoms with Crippen molar-refractivity contribution in [2.75, 3.05) is 5.73 Å². The van der Waals surface area contributed by atoms with E-state index in [1.807, 2.05) is 22.8 Å². The van der Waals surface area contributed by atoms with Gasteiger partial charge in [0.15, 0.2) is 0 Å². The van der Waals surface area contributed by atoms with Crippen molar-refractivity contribution < 1.29 is 5.11 Å². The lowest BCUT2D eigenvalue weighted by atomic mass is 10.3. The number of anilines is 1. The number of hydrogen-bond acceptors (Lipinski definition) is 4. The fourth-order valence-electron chi connectivity index (χ4n) is 2.22. The molecule has 0 fully saturated rings. The third-order valence-electron chi connectivity index (χ3n) is 3.10. The predicted octanol–water partition coefficient (Wildman–Crippen LogP) is 2.53. The van der Waals surface area contributed by atoms with Crippen LogP contribution >= 0.6 is 11.3 Å². The molecule has 0 spiro atoms. The highest BCUT2D eigenvalue weighted by Gasteiger charge is 2.11. The van der Waals surface area contributed by atoms with E-state index in [0.29, 0.717) is 11.5 Å². The van der Waals surface area contributed by atoms with Crippen LogP contribution in [-0.2, 0) is 13.2 Å². The Balaban J connectivity index is 2.10. The average Bonchev–Trinajstić information content (AvgIpc) is 2.94. The fourth-order valence-corrected chi connectivity index (χ4v) is 3.10. The standard InChI is InChI=1S/C14H15N3OS/c1-9-2-4-11(19-9)7-17-13-5-3-10(15)6-12(13)16-14(17)8-18/h2-6,18H,7-8,15H2,1H3. The van der Waals surface area contributed by atoms with Gasteiger partial charge in [-0.15, -0.1) is 11.3 Å². The Morgan fingerprint density at radius 3 is 2.84 bits per heavy atom. The third-order valence-corrected chi connectivity index (χ3v) is 4.09. The molecular formula is C14H15N3OS. The number of fused-ring (bicyclic) bond motifs is 1. The molecule has 0 saturated heterocycles. The van der Waals surface area contributed by atoms with E-state index in [1.165, 1.54) is 9.75 Å². The molecule has 1 aromatic carbocycles. The molecule has 0 atom stereocenters. The minimum Gasteiger partial charge on any atom is -0.399 e. The van der Waals surface area contributed by atoms with Gasteiger partial charge in [0, 0.05) is 15.4 Å². The van der Waals surface area contributed by atoms with Gasteiger partial charge in [-0.1, -0.05) is 0 Å². The van der Waals surface area contributed by atoms with Crippen LogP contribution in [0.25, 0.3) is 11.0 Å². The average molecular weight is 273 g/mol. The highest BCUT2D eigenvalue weighted by Crippen LogP contribution is 2.23. The zero-order valence-electron chi connectivity index (χ0n) is 10.6. The smallest absolute Gasteiger partial charge is 0.136 e. The van der Waals surface area contributed by atoms with Crippen molar-refractivity contribution in [3.05, 3.63) is 45.9 Å². The molecule has 5 heteroatoms. The number of aliphatic hydroxyl groups excluding tert-OH is 1. The number of imidazole rings is 1. The van der Waals surface area contributed by atoms with E-state index in [4.69, 9.17) is 5.73 Å². The van der Waals surface area contributed by atoms with Crippen LogP contribution < -0.4 is 5.73 Å². The first-order valence-electron chi connectivity index (χ1n) is 6.08. The van der Waals surface area contributed by atoms with Crippen LogP contribution in [0.3, 0.4) is 0 Å². The summed E-state index contributed by atoms with van der Waals surface area (Å²) >= 11 is 1.76. The van der Waals surface area contributed by atoms with Gasteiger partial charge in [-0.25, -0.2) is 4.98 Å². The highest BCUT2D eigenvalue weighted by atomic mass is 32.1. The predicted molar refractivity (Wildman–Crippen MR) is 78.2 cm³/mol. The number of aliphatic hydroxyl groups is 1. The SMILES string of the molecule is Cc1ccc(Cn2c(CO)nc3cc(N)ccc32)s1. The number of hydrogen-bond donors (Lipinski definition) is 2. The van der Waals surface area contributed by atoms with Gasteiger partial charge in [0.25, 0.3) is 0 Å². The Kier molecular flexibility index (Phi) is 3.00. The Morgan fingerprint density at radius 2 is 2.16 bits per heavy atom. The summed E-state index contributed by atoms with van der Waals surface area (Å²) < 4.78 is 2.04. The maximum atomic E-state index is 9.46. The number of nitrogens with two attached hydrogens (primary N) is 1. The Hall–Kier alpha value is -1.85. The summed E-state index contributed by atoms with van der Waals surface area (Å²) in [7, 11) is 0. The summed E-state index contributed by atoms with van der Waals surface area (Å²) in [5.74, 6) is 0.673. The van der Waals surface area contributed by atoms with Crippen molar-refractivity contribution in [1.82, 2.24) is 9.55 Å². The van der Waals surface area contributed by atoms with Crippen LogP contribution in [0.2, 0.25) is 0 Å². The summed E-state index contributed by atoms with van der Waals surface area (Å²) in [6.07, 6.45) is 0. The molecule has 4 nitrogen and oxygen atoms in total. The maximum absolute atomic E-state index is 9.46. The fraction of sp³-hybridized carbons (Fsp3) is 0.214. The zero-order chi connectivity index (χ0) is 13.4. The van der Waals surface area contributed by atoms with Gasteiger partial charge in [0.05, 0.1) is 17.6 Å². The second-order valence-electron chi connectivity index (χ2n) is 4.53. The third kappa shape index (κ3) is 2.22. The number of nitrogen functional groups attached to an aromatic ring is 1. The van der Waals surface area contributed by atoms with Crippen LogP contribution in [0.4, 0.5) is 5.69 Å². The number of aromatic nitrogens is 2. The molecule has 2 aromatic heterocycles. The van der Waals surface area contributed by atoms with Gasteiger partial charge in [0.1, 0.15) is 12.4 Å².